The first kappa shape index (κ1) is 26.2. The van der Waals surface area contributed by atoms with Crippen LogP contribution in [0.15, 0.2) is 77.9 Å². The summed E-state index contributed by atoms with van der Waals surface area (Å²) in [5.41, 5.74) is 8.47. The number of nitrogens with one attached hydrogen (secondary N) is 1. The molecule has 4 aromatic heterocycles. The molecular formula is C24H22N4O7. The average Bonchev–Trinajstić information content (AvgIpc) is 3.52. The number of carboxylic acid groups (broad SMARTS) is 1. The number of carboxylic acids is 1. The van der Waals surface area contributed by atoms with E-state index in [1.807, 2.05) is 6.92 Å². The molecule has 2 N–H and O–H groups in total. The summed E-state index contributed by atoms with van der Waals surface area (Å²) in [5, 5.41) is 11.7. The van der Waals surface area contributed by atoms with E-state index in [1.54, 1.807) is 56.4 Å². The number of azide groups is 1. The Morgan fingerprint density at radius 3 is 2.03 bits per heavy atom. The number of hydrogen-bond acceptors (Lipinski definition) is 6. The molecule has 4 aromatic rings. The van der Waals surface area contributed by atoms with Gasteiger partial charge >= 0.3 is 5.97 Å². The standard InChI is InChI=1S/C8H7N3O2.C8H7NO2.C8H8O3/c1-6-2-3-7(13-6)4-5-8(12)10-11-9;1-5-4-6-7(11-5)2-3-9-8(6)10;1-6-2-3-7(11-6)4-5-8(9)10/h2-5H,1H3;2-4H,1H3,(H,9,10);2-5H,1H3,(H,9,10)/b5-4+;;5-4+. The highest BCUT2D eigenvalue weighted by Gasteiger charge is 2.01. The van der Waals surface area contributed by atoms with Crippen LogP contribution in [0, 0.1) is 20.8 Å². The Morgan fingerprint density at radius 1 is 0.943 bits per heavy atom. The molecular weight excluding hydrogens is 456 g/mol. The third-order valence-corrected chi connectivity index (χ3v) is 4.02. The second-order valence-electron chi connectivity index (χ2n) is 6.87. The lowest BCUT2D eigenvalue weighted by atomic mass is 10.3. The number of pyridine rings is 1. The number of rotatable bonds is 4. The van der Waals surface area contributed by atoms with Crippen molar-refractivity contribution < 1.29 is 27.9 Å². The van der Waals surface area contributed by atoms with Crippen LogP contribution in [0.2, 0.25) is 0 Å². The van der Waals surface area contributed by atoms with Crippen LogP contribution in [0.25, 0.3) is 33.6 Å². The lowest BCUT2D eigenvalue weighted by Crippen LogP contribution is -2.01. The van der Waals surface area contributed by atoms with E-state index in [0.717, 1.165) is 29.4 Å². The molecule has 0 aliphatic rings. The molecule has 0 aromatic carbocycles. The largest absolute Gasteiger partial charge is 0.478 e. The van der Waals surface area contributed by atoms with Gasteiger partial charge in [0.1, 0.15) is 34.4 Å². The first-order valence-corrected chi connectivity index (χ1v) is 10.1. The van der Waals surface area contributed by atoms with Gasteiger partial charge in [-0.25, -0.2) is 4.79 Å². The highest BCUT2D eigenvalue weighted by atomic mass is 16.4. The van der Waals surface area contributed by atoms with E-state index in [0.29, 0.717) is 22.5 Å². The zero-order valence-electron chi connectivity index (χ0n) is 19.1. The molecule has 0 saturated heterocycles. The van der Waals surface area contributed by atoms with Crippen LogP contribution in [-0.2, 0) is 9.59 Å². The minimum absolute atomic E-state index is 0.0978. The van der Waals surface area contributed by atoms with E-state index in [1.165, 1.54) is 12.2 Å². The molecule has 1 amide bonds. The number of hydrogen-bond donors (Lipinski definition) is 2. The lowest BCUT2D eigenvalue weighted by Gasteiger charge is -1.82. The number of H-pyrrole nitrogens is 1. The molecule has 0 aliphatic heterocycles. The lowest BCUT2D eigenvalue weighted by molar-refractivity contribution is -0.131. The Morgan fingerprint density at radius 2 is 1.54 bits per heavy atom. The van der Waals surface area contributed by atoms with Gasteiger partial charge in [0.2, 0.25) is 5.91 Å². The first-order chi connectivity index (χ1) is 16.7. The van der Waals surface area contributed by atoms with Crippen molar-refractivity contribution in [3.8, 4) is 0 Å². The van der Waals surface area contributed by atoms with Crippen LogP contribution < -0.4 is 5.56 Å². The Hall–Kier alpha value is -5.02. The van der Waals surface area contributed by atoms with E-state index in [4.69, 9.17) is 23.9 Å². The summed E-state index contributed by atoms with van der Waals surface area (Å²) >= 11 is 0. The average molecular weight is 478 g/mol. The van der Waals surface area contributed by atoms with Crippen molar-refractivity contribution >= 4 is 35.0 Å². The van der Waals surface area contributed by atoms with Crippen molar-refractivity contribution in [2.75, 3.05) is 0 Å². The zero-order valence-corrected chi connectivity index (χ0v) is 19.1. The quantitative estimate of drug-likeness (QED) is 0.167. The van der Waals surface area contributed by atoms with E-state index >= 15 is 0 Å². The van der Waals surface area contributed by atoms with Crippen LogP contribution in [0.1, 0.15) is 28.8 Å². The zero-order chi connectivity index (χ0) is 25.8. The van der Waals surface area contributed by atoms with Crippen LogP contribution >= 0.6 is 0 Å². The molecule has 0 radical (unpaired) electrons. The second-order valence-corrected chi connectivity index (χ2v) is 6.87. The fraction of sp³-hybridized carbons (Fsp3) is 0.125. The van der Waals surface area contributed by atoms with Crippen LogP contribution in [0.5, 0.6) is 0 Å². The number of amides is 1. The van der Waals surface area contributed by atoms with Gasteiger partial charge in [0.25, 0.3) is 5.56 Å². The van der Waals surface area contributed by atoms with Gasteiger partial charge in [-0.2, -0.15) is 0 Å². The monoisotopic (exact) mass is 478 g/mol. The van der Waals surface area contributed by atoms with Gasteiger partial charge in [-0.05, 0) is 86.0 Å². The first-order valence-electron chi connectivity index (χ1n) is 10.1. The topological polar surface area (TPSA) is 175 Å². The number of aliphatic carboxylic acids is 1. The van der Waals surface area contributed by atoms with Gasteiger partial charge < -0.3 is 23.3 Å². The highest BCUT2D eigenvalue weighted by Crippen LogP contribution is 2.13. The molecule has 4 heterocycles. The molecule has 11 nitrogen and oxygen atoms in total. The number of fused-ring (bicyclic) bond motifs is 1. The minimum atomic E-state index is -0.973. The molecule has 0 spiro atoms. The smallest absolute Gasteiger partial charge is 0.328 e. The summed E-state index contributed by atoms with van der Waals surface area (Å²) in [5.74, 6) is 1.79. The fourth-order valence-corrected chi connectivity index (χ4v) is 2.57. The summed E-state index contributed by atoms with van der Waals surface area (Å²) in [6, 6.07) is 10.5. The van der Waals surface area contributed by atoms with Crippen LogP contribution in [-0.4, -0.2) is 22.0 Å². The molecule has 0 saturated carbocycles. The van der Waals surface area contributed by atoms with E-state index in [2.05, 4.69) is 15.0 Å². The molecule has 0 bridgehead atoms. The predicted octanol–water partition coefficient (Wildman–Crippen LogP) is 5.55. The number of nitrogens with zero attached hydrogens (tertiary/aromatic N) is 3. The molecule has 0 unspecified atom stereocenters. The maximum Gasteiger partial charge on any atom is 0.328 e. The SMILES string of the molecule is Cc1cc2c(=O)[nH]ccc2o1.Cc1ccc(/C=C/C(=O)N=[N+]=[N-])o1.Cc1ccc(/C=C/C(=O)O)o1. The molecule has 4 rings (SSSR count). The molecule has 0 aliphatic carbocycles. The predicted molar refractivity (Wildman–Crippen MR) is 128 cm³/mol. The molecule has 11 heteroatoms. The maximum absolute atomic E-state index is 11.1. The Labute approximate surface area is 198 Å². The molecule has 35 heavy (non-hydrogen) atoms. The van der Waals surface area contributed by atoms with E-state index in [-0.39, 0.29) is 5.56 Å². The fourth-order valence-electron chi connectivity index (χ4n) is 2.57. The summed E-state index contributed by atoms with van der Waals surface area (Å²) in [4.78, 5) is 36.7. The van der Waals surface area contributed by atoms with Gasteiger partial charge in [-0.1, -0.05) is 0 Å². The summed E-state index contributed by atoms with van der Waals surface area (Å²) in [6.45, 7) is 5.42. The summed E-state index contributed by atoms with van der Waals surface area (Å²) in [7, 11) is 0. The minimum Gasteiger partial charge on any atom is -0.478 e. The van der Waals surface area contributed by atoms with Crippen molar-refractivity contribution in [3.63, 3.8) is 0 Å². The Balaban J connectivity index is 0.000000186. The van der Waals surface area contributed by atoms with Crippen molar-refractivity contribution in [1.29, 1.82) is 0 Å². The van der Waals surface area contributed by atoms with Crippen LogP contribution in [0.3, 0.4) is 0 Å². The van der Waals surface area contributed by atoms with E-state index < -0.39 is 11.9 Å². The Bertz CT molecular complexity index is 1460. The highest BCUT2D eigenvalue weighted by molar-refractivity contribution is 5.92. The molecule has 0 fully saturated rings. The summed E-state index contributed by atoms with van der Waals surface area (Å²) < 4.78 is 15.5. The Kier molecular flexibility index (Phi) is 9.65. The number of aryl methyl sites for hydroxylation is 3. The number of furan rings is 3. The van der Waals surface area contributed by atoms with Crippen molar-refractivity contribution in [1.82, 2.24) is 4.98 Å². The van der Waals surface area contributed by atoms with Gasteiger partial charge in [-0.3, -0.25) is 9.59 Å². The normalized spacial score (nSPS) is 10.4. The van der Waals surface area contributed by atoms with Gasteiger partial charge in [0.05, 0.1) is 5.39 Å². The number of aromatic amines is 1. The van der Waals surface area contributed by atoms with Gasteiger partial charge in [-0.15, -0.1) is 0 Å². The van der Waals surface area contributed by atoms with Crippen molar-refractivity contribution in [2.45, 2.75) is 20.8 Å². The van der Waals surface area contributed by atoms with Gasteiger partial charge in [0, 0.05) is 17.2 Å². The van der Waals surface area contributed by atoms with Crippen LogP contribution in [0.4, 0.5) is 0 Å². The number of aromatic nitrogens is 1. The number of carbonyl (C=O) groups excluding carboxylic acids is 1. The summed E-state index contributed by atoms with van der Waals surface area (Å²) in [6.07, 6.45) is 6.63. The third-order valence-electron chi connectivity index (χ3n) is 4.02. The van der Waals surface area contributed by atoms with Gasteiger partial charge in [0.15, 0.2) is 0 Å². The van der Waals surface area contributed by atoms with E-state index in [9.17, 15) is 14.4 Å². The second kappa shape index (κ2) is 12.9. The third kappa shape index (κ3) is 9.16. The molecule has 0 atom stereocenters. The maximum atomic E-state index is 11.1. The van der Waals surface area contributed by atoms with Crippen molar-refractivity contribution in [3.05, 3.63) is 104 Å². The molecule has 180 valence electrons. The van der Waals surface area contributed by atoms with Crippen molar-refractivity contribution in [2.24, 2.45) is 5.11 Å². The number of carbonyl (C=O) groups is 2.